The summed E-state index contributed by atoms with van der Waals surface area (Å²) in [5.41, 5.74) is 12.3. The molecule has 0 fully saturated rings. The fraction of sp³-hybridized carbons (Fsp3) is 0.481. The molecule has 2 aromatic carbocycles. The molecule has 6 N–H and O–H groups in total. The number of ether oxygens (including phenoxy) is 1. The summed E-state index contributed by atoms with van der Waals surface area (Å²) in [5.74, 6) is -0.406. The summed E-state index contributed by atoms with van der Waals surface area (Å²) in [6.45, 7) is 12.0. The van der Waals surface area contributed by atoms with Gasteiger partial charge in [-0.3, -0.25) is 9.59 Å². The van der Waals surface area contributed by atoms with E-state index in [1.165, 1.54) is 31.2 Å². The van der Waals surface area contributed by atoms with E-state index in [0.717, 1.165) is 0 Å². The smallest absolute Gasteiger partial charge is 0.257 e. The number of phenols is 1. The molecule has 40 heavy (non-hydrogen) atoms. The predicted molar refractivity (Wildman–Crippen MR) is 164 cm³/mol. The molecule has 0 unspecified atom stereocenters. The number of aliphatic hydroxyl groups excluding tert-OH is 1. The maximum absolute atomic E-state index is 12.6. The van der Waals surface area contributed by atoms with E-state index in [1.54, 1.807) is 24.1 Å². The highest BCUT2D eigenvalue weighted by Crippen LogP contribution is 2.36. The number of nitrogens with zero attached hydrogens (tertiary/aromatic N) is 2. The largest absolute Gasteiger partial charge is 0.507 e. The number of aliphatic hydroxyl groups is 1. The van der Waals surface area contributed by atoms with Crippen LogP contribution in [-0.4, -0.2) is 87.7 Å². The third-order valence-corrected chi connectivity index (χ3v) is 11.9. The topological polar surface area (TPSA) is 152 Å². The second kappa shape index (κ2) is 14.8. The number of carbonyl (C=O) groups is 2. The van der Waals surface area contributed by atoms with Gasteiger partial charge in [0.05, 0.1) is 52.9 Å². The van der Waals surface area contributed by atoms with Crippen LogP contribution in [0.1, 0.15) is 41.5 Å². The molecule has 0 saturated carbocycles. The van der Waals surface area contributed by atoms with Gasteiger partial charge in [0.2, 0.25) is 0 Å². The number of anilines is 2. The van der Waals surface area contributed by atoms with Crippen molar-refractivity contribution in [2.45, 2.75) is 38.9 Å². The predicted octanol–water partition coefficient (Wildman–Crippen LogP) is 4.72. The average molecular weight is 618 g/mol. The first-order valence-electron chi connectivity index (χ1n) is 12.5. The van der Waals surface area contributed by atoms with Crippen LogP contribution in [0.2, 0.25) is 28.2 Å². The Bertz CT molecular complexity index is 1190. The zero-order valence-electron chi connectivity index (χ0n) is 24.5. The molecule has 0 aliphatic rings. The number of aromatic hydroxyl groups is 1. The Morgan fingerprint density at radius 2 is 1.40 bits per heavy atom. The highest BCUT2D eigenvalue weighted by Gasteiger charge is 2.37. The van der Waals surface area contributed by atoms with E-state index >= 15 is 0 Å². The van der Waals surface area contributed by atoms with E-state index in [4.69, 9.17) is 48.9 Å². The zero-order chi connectivity index (χ0) is 31.0. The van der Waals surface area contributed by atoms with Gasteiger partial charge in [0, 0.05) is 39.3 Å². The van der Waals surface area contributed by atoms with Crippen molar-refractivity contribution in [3.8, 4) is 11.5 Å². The number of halogens is 2. The molecular weight excluding hydrogens is 575 g/mol. The summed E-state index contributed by atoms with van der Waals surface area (Å²) < 4.78 is 11.4. The van der Waals surface area contributed by atoms with Crippen LogP contribution in [0.25, 0.3) is 0 Å². The van der Waals surface area contributed by atoms with Crippen LogP contribution in [0.15, 0.2) is 24.3 Å². The summed E-state index contributed by atoms with van der Waals surface area (Å²) >= 11 is 11.8. The van der Waals surface area contributed by atoms with Crippen LogP contribution in [0.5, 0.6) is 11.5 Å². The Morgan fingerprint density at radius 1 is 0.925 bits per heavy atom. The number of hydrogen-bond acceptors (Lipinski definition) is 8. The first-order valence-corrected chi connectivity index (χ1v) is 16.2. The summed E-state index contributed by atoms with van der Waals surface area (Å²) in [6.07, 6.45) is 0. The summed E-state index contributed by atoms with van der Waals surface area (Å²) in [5, 5.41) is 18.9. The van der Waals surface area contributed by atoms with E-state index in [9.17, 15) is 14.7 Å². The van der Waals surface area contributed by atoms with Gasteiger partial charge in [0.25, 0.3) is 11.8 Å². The molecule has 0 spiro atoms. The first kappa shape index (κ1) is 35.3. The van der Waals surface area contributed by atoms with Crippen molar-refractivity contribution in [2.24, 2.45) is 0 Å². The van der Waals surface area contributed by atoms with E-state index in [2.05, 4.69) is 33.9 Å². The lowest BCUT2D eigenvalue weighted by Gasteiger charge is -2.36. The minimum atomic E-state index is -1.82. The van der Waals surface area contributed by atoms with E-state index in [1.807, 2.05) is 0 Å². The molecule has 0 bridgehead atoms. The minimum Gasteiger partial charge on any atom is -0.507 e. The highest BCUT2D eigenvalue weighted by molar-refractivity contribution is 6.74. The van der Waals surface area contributed by atoms with E-state index in [-0.39, 0.29) is 46.1 Å². The van der Waals surface area contributed by atoms with Gasteiger partial charge in [-0.25, -0.2) is 0 Å². The molecule has 0 saturated heterocycles. The molecule has 0 atom stereocenters. The number of methoxy groups -OCH3 is 1. The molecule has 0 aliphatic carbocycles. The van der Waals surface area contributed by atoms with Crippen molar-refractivity contribution >= 4 is 54.7 Å². The van der Waals surface area contributed by atoms with Crippen molar-refractivity contribution in [3.63, 3.8) is 0 Å². The Labute approximate surface area is 247 Å². The van der Waals surface area contributed by atoms with Crippen molar-refractivity contribution in [1.82, 2.24) is 9.80 Å². The molecule has 10 nitrogen and oxygen atoms in total. The zero-order valence-corrected chi connectivity index (χ0v) is 27.0. The monoisotopic (exact) mass is 616 g/mol. The number of phenolic OH excluding ortho intramolecular Hbond substituents is 1. The molecule has 0 aromatic heterocycles. The quantitative estimate of drug-likeness (QED) is 0.233. The first-order chi connectivity index (χ1) is 18.4. The van der Waals surface area contributed by atoms with Crippen molar-refractivity contribution in [1.29, 1.82) is 0 Å². The summed E-state index contributed by atoms with van der Waals surface area (Å²) in [7, 11) is 2.93. The van der Waals surface area contributed by atoms with Crippen LogP contribution in [0.3, 0.4) is 0 Å². The number of likely N-dealkylation sites (N-methyl/N-ethyl adjacent to an activating group) is 2. The number of hydrogen-bond donors (Lipinski definition) is 4. The van der Waals surface area contributed by atoms with Gasteiger partial charge in [-0.1, -0.05) is 44.0 Å². The molecule has 13 heteroatoms. The van der Waals surface area contributed by atoms with E-state index < -0.39 is 14.2 Å². The standard InChI is InChI=1S/C17H29ClN2O3Si.C10H13ClN2O3/c1-17(2,3)24(6,7)23-9-8-20(4)16(21)12-10-13(18)14(19)11-15(12)22-5;1-13(2-3-14)10(16)6-4-7(11)8(12)5-9(6)15/h10-11H,8-9,19H2,1-7H3;4-5,14-15H,2-3,12H2,1H3. The SMILES string of the molecule is CN(CCO)C(=O)c1cc(Cl)c(N)cc1O.COc1cc(N)c(Cl)cc1C(=O)N(C)CCO[Si](C)(C)C(C)(C)C. The second-order valence-corrected chi connectivity index (χ2v) is 16.4. The fourth-order valence-corrected chi connectivity index (χ4v) is 4.43. The average Bonchev–Trinajstić information content (AvgIpc) is 2.86. The maximum atomic E-state index is 12.6. The molecular formula is C27H42Cl2N4O6Si. The van der Waals surface area contributed by atoms with Gasteiger partial charge in [0.1, 0.15) is 11.5 Å². The van der Waals surface area contributed by atoms with Crippen LogP contribution < -0.4 is 16.2 Å². The number of rotatable bonds is 9. The second-order valence-electron chi connectivity index (χ2n) is 10.8. The number of nitrogens with two attached hydrogens (primary N) is 2. The number of amides is 2. The van der Waals surface area contributed by atoms with E-state index in [0.29, 0.717) is 35.2 Å². The summed E-state index contributed by atoms with van der Waals surface area (Å²) in [4.78, 5) is 27.3. The minimum absolute atomic E-state index is 0.0650. The summed E-state index contributed by atoms with van der Waals surface area (Å²) in [6, 6.07) is 5.64. The molecule has 0 heterocycles. The highest BCUT2D eigenvalue weighted by atomic mass is 35.5. The number of nitrogen functional groups attached to an aromatic ring is 2. The Balaban J connectivity index is 0.000000433. The number of benzene rings is 2. The lowest BCUT2D eigenvalue weighted by Crippen LogP contribution is -2.43. The van der Waals surface area contributed by atoms with Crippen molar-refractivity contribution in [3.05, 3.63) is 45.4 Å². The van der Waals surface area contributed by atoms with Gasteiger partial charge >= 0.3 is 0 Å². The van der Waals surface area contributed by atoms with Crippen molar-refractivity contribution in [2.75, 3.05) is 59.0 Å². The third kappa shape index (κ3) is 9.45. The van der Waals surface area contributed by atoms with Crippen LogP contribution in [-0.2, 0) is 4.43 Å². The molecule has 0 radical (unpaired) electrons. The van der Waals surface area contributed by atoms with Gasteiger partial charge < -0.3 is 40.6 Å². The van der Waals surface area contributed by atoms with Gasteiger partial charge in [-0.05, 0) is 30.3 Å². The number of carbonyl (C=O) groups excluding carboxylic acids is 2. The molecule has 2 rings (SSSR count). The molecule has 2 aromatic rings. The van der Waals surface area contributed by atoms with Crippen molar-refractivity contribution < 1.29 is 29.0 Å². The third-order valence-electron chi connectivity index (χ3n) is 6.72. The van der Waals surface area contributed by atoms with Gasteiger partial charge in [-0.2, -0.15) is 0 Å². The van der Waals surface area contributed by atoms with Crippen LogP contribution >= 0.6 is 23.2 Å². The molecule has 0 aliphatic heterocycles. The Kier molecular flexibility index (Phi) is 13.1. The van der Waals surface area contributed by atoms with Crippen LogP contribution in [0, 0.1) is 0 Å². The lowest BCUT2D eigenvalue weighted by molar-refractivity contribution is 0.0759. The normalized spacial score (nSPS) is 11.4. The van der Waals surface area contributed by atoms with Crippen LogP contribution in [0.4, 0.5) is 11.4 Å². The maximum Gasteiger partial charge on any atom is 0.257 e. The Morgan fingerprint density at radius 3 is 1.90 bits per heavy atom. The Hall–Kier alpha value is -2.70. The molecule has 224 valence electrons. The van der Waals surface area contributed by atoms with Gasteiger partial charge in [0.15, 0.2) is 8.32 Å². The fourth-order valence-electron chi connectivity index (χ4n) is 3.07. The molecule has 2 amide bonds. The lowest BCUT2D eigenvalue weighted by atomic mass is 10.1. The van der Waals surface area contributed by atoms with Gasteiger partial charge in [-0.15, -0.1) is 0 Å².